The molecular weight excluding hydrogens is 182 g/mol. The summed E-state index contributed by atoms with van der Waals surface area (Å²) in [4.78, 5) is 10.7. The van der Waals surface area contributed by atoms with E-state index in [0.717, 1.165) is 5.56 Å². The van der Waals surface area contributed by atoms with Gasteiger partial charge < -0.3 is 9.47 Å². The highest BCUT2D eigenvalue weighted by Gasteiger charge is 2.22. The molecule has 0 aliphatic carbocycles. The molecule has 1 saturated heterocycles. The molecule has 0 bridgehead atoms. The molecule has 1 N–H and O–H groups in total. The van der Waals surface area contributed by atoms with Gasteiger partial charge in [-0.25, -0.2) is 4.79 Å². The second-order valence-corrected chi connectivity index (χ2v) is 3.03. The van der Waals surface area contributed by atoms with Crippen LogP contribution >= 0.6 is 0 Å². The lowest BCUT2D eigenvalue weighted by Crippen LogP contribution is -2.28. The zero-order valence-electron chi connectivity index (χ0n) is 7.60. The van der Waals surface area contributed by atoms with Crippen molar-refractivity contribution in [3.63, 3.8) is 0 Å². The van der Waals surface area contributed by atoms with Crippen LogP contribution in [0.4, 0.5) is 4.79 Å². The van der Waals surface area contributed by atoms with Crippen molar-refractivity contribution >= 4 is 6.09 Å². The molecule has 4 heteroatoms. The van der Waals surface area contributed by atoms with E-state index in [1.54, 1.807) is 0 Å². The maximum Gasteiger partial charge on any atom is 0.409 e. The molecule has 0 radical (unpaired) electrons. The number of nitrogens with one attached hydrogen (secondary N) is 1. The fourth-order valence-corrected chi connectivity index (χ4v) is 1.23. The van der Waals surface area contributed by atoms with Crippen molar-refractivity contribution < 1.29 is 14.3 Å². The van der Waals surface area contributed by atoms with Gasteiger partial charge in [0.2, 0.25) is 0 Å². The Balaban J connectivity index is 1.80. The Morgan fingerprint density at radius 1 is 1.43 bits per heavy atom. The number of amides is 1. The third-order valence-electron chi connectivity index (χ3n) is 1.94. The molecule has 1 aromatic rings. The predicted molar refractivity (Wildman–Crippen MR) is 49.5 cm³/mol. The third-order valence-corrected chi connectivity index (χ3v) is 1.94. The number of carbonyl (C=O) groups is 1. The van der Waals surface area contributed by atoms with E-state index >= 15 is 0 Å². The van der Waals surface area contributed by atoms with E-state index in [-0.39, 0.29) is 12.8 Å². The van der Waals surface area contributed by atoms with Crippen molar-refractivity contribution in [1.29, 1.82) is 0 Å². The highest BCUT2D eigenvalue weighted by molar-refractivity contribution is 5.69. The highest BCUT2D eigenvalue weighted by Crippen LogP contribution is 2.05. The van der Waals surface area contributed by atoms with Crippen LogP contribution in [0.1, 0.15) is 5.56 Å². The quantitative estimate of drug-likeness (QED) is 0.786. The van der Waals surface area contributed by atoms with Gasteiger partial charge in [0, 0.05) is 0 Å². The van der Waals surface area contributed by atoms with Gasteiger partial charge in [-0.2, -0.15) is 0 Å². The standard InChI is InChI=1S/C10H11NO3/c12-10-11-9(7-14-10)13-6-8-4-2-1-3-5-8/h1-5,9H,6-7H2,(H,11,12)/t9-/m1/s1. The van der Waals surface area contributed by atoms with Gasteiger partial charge >= 0.3 is 6.09 Å². The lowest BCUT2D eigenvalue weighted by Gasteiger charge is -2.08. The summed E-state index contributed by atoms with van der Waals surface area (Å²) in [7, 11) is 0. The van der Waals surface area contributed by atoms with E-state index in [2.05, 4.69) is 10.1 Å². The molecule has 14 heavy (non-hydrogen) atoms. The average molecular weight is 193 g/mol. The first-order chi connectivity index (χ1) is 6.84. The number of ether oxygens (including phenoxy) is 2. The molecule has 1 aromatic carbocycles. The fraction of sp³-hybridized carbons (Fsp3) is 0.300. The number of cyclic esters (lactones) is 1. The van der Waals surface area contributed by atoms with Crippen LogP contribution in [0.5, 0.6) is 0 Å². The molecule has 1 heterocycles. The van der Waals surface area contributed by atoms with Gasteiger partial charge in [0.1, 0.15) is 6.61 Å². The molecular formula is C10H11NO3. The molecule has 0 unspecified atom stereocenters. The number of rotatable bonds is 3. The number of benzene rings is 1. The van der Waals surface area contributed by atoms with Gasteiger partial charge in [-0.1, -0.05) is 30.3 Å². The molecule has 0 spiro atoms. The summed E-state index contributed by atoms with van der Waals surface area (Å²) in [6.07, 6.45) is -0.731. The Hall–Kier alpha value is -1.55. The fourth-order valence-electron chi connectivity index (χ4n) is 1.23. The van der Waals surface area contributed by atoms with Gasteiger partial charge in [-0.15, -0.1) is 0 Å². The molecule has 1 aliphatic rings. The van der Waals surface area contributed by atoms with Crippen molar-refractivity contribution in [2.75, 3.05) is 6.61 Å². The first-order valence-corrected chi connectivity index (χ1v) is 4.43. The minimum atomic E-state index is -0.414. The SMILES string of the molecule is O=C1N[C@H](OCc2ccccc2)CO1. The largest absolute Gasteiger partial charge is 0.445 e. The molecule has 0 aromatic heterocycles. The van der Waals surface area contributed by atoms with E-state index in [9.17, 15) is 4.79 Å². The zero-order chi connectivity index (χ0) is 9.80. The molecule has 1 aliphatic heterocycles. The molecule has 2 rings (SSSR count). The van der Waals surface area contributed by atoms with E-state index in [0.29, 0.717) is 6.61 Å². The van der Waals surface area contributed by atoms with Crippen LogP contribution in [-0.4, -0.2) is 18.9 Å². The minimum Gasteiger partial charge on any atom is -0.445 e. The molecule has 74 valence electrons. The van der Waals surface area contributed by atoms with Crippen LogP contribution < -0.4 is 5.32 Å². The average Bonchev–Trinajstić information content (AvgIpc) is 2.63. The van der Waals surface area contributed by atoms with Crippen LogP contribution in [0.2, 0.25) is 0 Å². The summed E-state index contributed by atoms with van der Waals surface area (Å²) in [6, 6.07) is 9.78. The summed E-state index contributed by atoms with van der Waals surface area (Å²) in [5, 5.41) is 2.54. The monoisotopic (exact) mass is 193 g/mol. The predicted octanol–water partition coefficient (Wildman–Crippen LogP) is 1.27. The number of alkyl carbamates (subject to hydrolysis) is 1. The molecule has 1 amide bonds. The van der Waals surface area contributed by atoms with Gasteiger partial charge in [-0.3, -0.25) is 5.32 Å². The van der Waals surface area contributed by atoms with Crippen LogP contribution in [0.3, 0.4) is 0 Å². The Morgan fingerprint density at radius 3 is 2.86 bits per heavy atom. The molecule has 1 atom stereocenters. The van der Waals surface area contributed by atoms with Crippen molar-refractivity contribution in [2.45, 2.75) is 12.8 Å². The van der Waals surface area contributed by atoms with Gasteiger partial charge in [0.25, 0.3) is 0 Å². The second kappa shape index (κ2) is 4.11. The van der Waals surface area contributed by atoms with Crippen LogP contribution in [-0.2, 0) is 16.1 Å². The van der Waals surface area contributed by atoms with E-state index in [1.165, 1.54) is 0 Å². The van der Waals surface area contributed by atoms with Gasteiger partial charge in [-0.05, 0) is 5.56 Å². The lowest BCUT2D eigenvalue weighted by atomic mass is 10.2. The number of carbonyl (C=O) groups excluding carboxylic acids is 1. The van der Waals surface area contributed by atoms with Crippen molar-refractivity contribution in [2.24, 2.45) is 0 Å². The van der Waals surface area contributed by atoms with Crippen molar-refractivity contribution in [1.82, 2.24) is 5.32 Å². The highest BCUT2D eigenvalue weighted by atomic mass is 16.6. The summed E-state index contributed by atoms with van der Waals surface area (Å²) >= 11 is 0. The smallest absolute Gasteiger partial charge is 0.409 e. The summed E-state index contributed by atoms with van der Waals surface area (Å²) in [5.41, 5.74) is 1.08. The normalized spacial score (nSPS) is 20.3. The number of hydrogen-bond acceptors (Lipinski definition) is 3. The Kier molecular flexibility index (Phi) is 2.65. The summed E-state index contributed by atoms with van der Waals surface area (Å²) < 4.78 is 10.1. The second-order valence-electron chi connectivity index (χ2n) is 3.03. The van der Waals surface area contributed by atoms with Crippen molar-refractivity contribution in [3.05, 3.63) is 35.9 Å². The maximum absolute atomic E-state index is 10.7. The lowest BCUT2D eigenvalue weighted by molar-refractivity contribution is 0.0235. The van der Waals surface area contributed by atoms with Gasteiger partial charge in [0.05, 0.1) is 6.61 Å². The van der Waals surface area contributed by atoms with Crippen LogP contribution in [0.15, 0.2) is 30.3 Å². The third kappa shape index (κ3) is 2.23. The zero-order valence-corrected chi connectivity index (χ0v) is 7.60. The molecule has 0 saturated carbocycles. The topological polar surface area (TPSA) is 47.6 Å². The minimum absolute atomic E-state index is 0.283. The van der Waals surface area contributed by atoms with Crippen LogP contribution in [0, 0.1) is 0 Å². The first-order valence-electron chi connectivity index (χ1n) is 4.43. The Morgan fingerprint density at radius 2 is 2.21 bits per heavy atom. The molecule has 4 nitrogen and oxygen atoms in total. The van der Waals surface area contributed by atoms with E-state index in [4.69, 9.17) is 4.74 Å². The van der Waals surface area contributed by atoms with E-state index < -0.39 is 6.09 Å². The van der Waals surface area contributed by atoms with Crippen molar-refractivity contribution in [3.8, 4) is 0 Å². The Labute approximate surface area is 81.8 Å². The summed E-state index contributed by atoms with van der Waals surface area (Å²) in [6.45, 7) is 0.765. The van der Waals surface area contributed by atoms with Gasteiger partial charge in [0.15, 0.2) is 6.23 Å². The Bertz CT molecular complexity index is 312. The maximum atomic E-state index is 10.7. The van der Waals surface area contributed by atoms with Crippen LogP contribution in [0.25, 0.3) is 0 Å². The first kappa shape index (κ1) is 9.02. The summed E-state index contributed by atoms with van der Waals surface area (Å²) in [5.74, 6) is 0. The number of hydrogen-bond donors (Lipinski definition) is 1. The molecule has 1 fully saturated rings. The van der Waals surface area contributed by atoms with E-state index in [1.807, 2.05) is 30.3 Å².